The molecule has 70 valence electrons. The van der Waals surface area contributed by atoms with E-state index in [1.54, 1.807) is 19.0 Å². The van der Waals surface area contributed by atoms with Gasteiger partial charge in [-0.05, 0) is 19.1 Å². The molecule has 1 N–H and O–H groups in total. The Morgan fingerprint density at radius 3 is 2.50 bits per heavy atom. The predicted molar refractivity (Wildman–Crippen MR) is 52.6 cm³/mol. The number of hydrogen-bond acceptors (Lipinski definition) is 2. The molecule has 0 bridgehead atoms. The van der Waals surface area contributed by atoms with E-state index in [9.17, 15) is 4.79 Å². The average Bonchev–Trinajstić information content (AvgIpc) is 2.81. The maximum Gasteiger partial charge on any atom is 0.316 e. The molecule has 1 saturated carbocycles. The minimum absolute atomic E-state index is 0.00956. The highest BCUT2D eigenvalue weighted by atomic mass is 32.2. The Labute approximate surface area is 77.9 Å². The standard InChI is InChI=1S/C8H16N2OS/c1-10(2)7(11)9-6-8(12-3)4-5-8/h4-6H2,1-3H3,(H,9,11). The molecule has 0 spiro atoms. The molecule has 0 radical (unpaired) electrons. The molecule has 0 saturated heterocycles. The zero-order chi connectivity index (χ0) is 9.19. The number of nitrogens with zero attached hydrogens (tertiary/aromatic N) is 1. The Hall–Kier alpha value is -0.380. The number of rotatable bonds is 3. The highest BCUT2D eigenvalue weighted by Crippen LogP contribution is 2.46. The van der Waals surface area contributed by atoms with Crippen LogP contribution < -0.4 is 5.32 Å². The van der Waals surface area contributed by atoms with Gasteiger partial charge in [0.1, 0.15) is 0 Å². The third-order valence-corrected chi connectivity index (χ3v) is 3.63. The average molecular weight is 188 g/mol. The lowest BCUT2D eigenvalue weighted by molar-refractivity contribution is 0.217. The number of carbonyl (C=O) groups excluding carboxylic acids is 1. The smallest absolute Gasteiger partial charge is 0.316 e. The van der Waals surface area contributed by atoms with Gasteiger partial charge in [0.05, 0.1) is 0 Å². The fourth-order valence-corrected chi connectivity index (χ4v) is 1.71. The van der Waals surface area contributed by atoms with Crippen LogP contribution in [-0.4, -0.2) is 42.6 Å². The second-order valence-electron chi connectivity index (χ2n) is 3.44. The van der Waals surface area contributed by atoms with Gasteiger partial charge in [-0.25, -0.2) is 4.79 Å². The highest BCUT2D eigenvalue weighted by Gasteiger charge is 2.41. The number of urea groups is 1. The van der Waals surface area contributed by atoms with Gasteiger partial charge in [0.25, 0.3) is 0 Å². The van der Waals surface area contributed by atoms with E-state index in [1.807, 2.05) is 11.8 Å². The third kappa shape index (κ3) is 2.30. The summed E-state index contributed by atoms with van der Waals surface area (Å²) in [5, 5.41) is 2.90. The van der Waals surface area contributed by atoms with Crippen molar-refractivity contribution in [3.63, 3.8) is 0 Å². The maximum atomic E-state index is 11.1. The van der Waals surface area contributed by atoms with Crippen molar-refractivity contribution in [2.24, 2.45) is 0 Å². The zero-order valence-corrected chi connectivity index (χ0v) is 8.70. The molecule has 1 rings (SSSR count). The second-order valence-corrected chi connectivity index (χ2v) is 4.71. The van der Waals surface area contributed by atoms with Crippen LogP contribution in [0.4, 0.5) is 4.79 Å². The van der Waals surface area contributed by atoms with E-state index in [2.05, 4.69) is 11.6 Å². The predicted octanol–water partition coefficient (Wildman–Crippen LogP) is 1.15. The van der Waals surface area contributed by atoms with Crippen molar-refractivity contribution >= 4 is 17.8 Å². The summed E-state index contributed by atoms with van der Waals surface area (Å²) in [6.45, 7) is 0.811. The van der Waals surface area contributed by atoms with E-state index in [4.69, 9.17) is 0 Å². The lowest BCUT2D eigenvalue weighted by atomic mass is 10.4. The van der Waals surface area contributed by atoms with Crippen LogP contribution in [0.1, 0.15) is 12.8 Å². The van der Waals surface area contributed by atoms with Crippen LogP contribution >= 0.6 is 11.8 Å². The summed E-state index contributed by atoms with van der Waals surface area (Å²) in [6, 6.07) is 0.00956. The summed E-state index contributed by atoms with van der Waals surface area (Å²) < 4.78 is 0.367. The largest absolute Gasteiger partial charge is 0.337 e. The summed E-state index contributed by atoms with van der Waals surface area (Å²) in [6.07, 6.45) is 4.58. The van der Waals surface area contributed by atoms with Gasteiger partial charge >= 0.3 is 6.03 Å². The summed E-state index contributed by atoms with van der Waals surface area (Å²) in [7, 11) is 3.52. The van der Waals surface area contributed by atoms with Crippen molar-refractivity contribution < 1.29 is 4.79 Å². The van der Waals surface area contributed by atoms with Gasteiger partial charge in [-0.3, -0.25) is 0 Å². The Morgan fingerprint density at radius 1 is 1.58 bits per heavy atom. The Balaban J connectivity index is 2.21. The molecule has 0 atom stereocenters. The highest BCUT2D eigenvalue weighted by molar-refractivity contribution is 8.00. The summed E-state index contributed by atoms with van der Waals surface area (Å²) >= 11 is 1.86. The SMILES string of the molecule is CSC1(CNC(=O)N(C)C)CC1. The van der Waals surface area contributed by atoms with E-state index >= 15 is 0 Å². The molecule has 1 fully saturated rings. The van der Waals surface area contributed by atoms with Crippen LogP contribution in [0.15, 0.2) is 0 Å². The van der Waals surface area contributed by atoms with Crippen LogP contribution in [0.25, 0.3) is 0 Å². The molecule has 0 aromatic heterocycles. The summed E-state index contributed by atoms with van der Waals surface area (Å²) in [4.78, 5) is 12.7. The van der Waals surface area contributed by atoms with E-state index in [-0.39, 0.29) is 6.03 Å². The van der Waals surface area contributed by atoms with Gasteiger partial charge in [-0.2, -0.15) is 11.8 Å². The van der Waals surface area contributed by atoms with Gasteiger partial charge in [-0.15, -0.1) is 0 Å². The molecule has 1 aliphatic rings. The first kappa shape index (κ1) is 9.71. The molecule has 0 unspecified atom stereocenters. The Morgan fingerprint density at radius 2 is 2.17 bits per heavy atom. The molecule has 0 aromatic carbocycles. The minimum Gasteiger partial charge on any atom is -0.337 e. The van der Waals surface area contributed by atoms with Crippen LogP contribution in [0.2, 0.25) is 0 Å². The summed E-state index contributed by atoms with van der Waals surface area (Å²) in [5.74, 6) is 0. The first-order valence-electron chi connectivity index (χ1n) is 4.10. The molecule has 0 heterocycles. The molecule has 12 heavy (non-hydrogen) atoms. The number of hydrogen-bond donors (Lipinski definition) is 1. The zero-order valence-electron chi connectivity index (χ0n) is 7.89. The molecular formula is C8H16N2OS. The van der Waals surface area contributed by atoms with Crippen molar-refractivity contribution in [1.29, 1.82) is 0 Å². The molecule has 0 aliphatic heterocycles. The number of nitrogens with one attached hydrogen (secondary N) is 1. The fourth-order valence-electron chi connectivity index (χ4n) is 0.987. The molecule has 4 heteroatoms. The number of thioether (sulfide) groups is 1. The first-order chi connectivity index (χ1) is 5.59. The minimum atomic E-state index is 0.00956. The molecule has 3 nitrogen and oxygen atoms in total. The van der Waals surface area contributed by atoms with E-state index in [0.29, 0.717) is 4.75 Å². The van der Waals surface area contributed by atoms with Crippen molar-refractivity contribution in [2.45, 2.75) is 17.6 Å². The monoisotopic (exact) mass is 188 g/mol. The van der Waals surface area contributed by atoms with Crippen molar-refractivity contribution in [3.8, 4) is 0 Å². The molecule has 2 amide bonds. The molecule has 0 aromatic rings. The van der Waals surface area contributed by atoms with Gasteiger partial charge in [0, 0.05) is 25.4 Å². The van der Waals surface area contributed by atoms with Crippen molar-refractivity contribution in [3.05, 3.63) is 0 Å². The van der Waals surface area contributed by atoms with Crippen molar-refractivity contribution in [1.82, 2.24) is 10.2 Å². The van der Waals surface area contributed by atoms with E-state index < -0.39 is 0 Å². The van der Waals surface area contributed by atoms with Crippen LogP contribution in [-0.2, 0) is 0 Å². The second kappa shape index (κ2) is 3.56. The lowest BCUT2D eigenvalue weighted by Gasteiger charge is -2.16. The normalized spacial score (nSPS) is 18.6. The third-order valence-electron chi connectivity index (χ3n) is 2.21. The van der Waals surface area contributed by atoms with Gasteiger partial charge in [0.2, 0.25) is 0 Å². The van der Waals surface area contributed by atoms with Crippen LogP contribution in [0, 0.1) is 0 Å². The van der Waals surface area contributed by atoms with Gasteiger partial charge < -0.3 is 10.2 Å². The first-order valence-corrected chi connectivity index (χ1v) is 5.32. The number of amides is 2. The maximum absolute atomic E-state index is 11.1. The number of carbonyl (C=O) groups is 1. The Kier molecular flexibility index (Phi) is 2.88. The van der Waals surface area contributed by atoms with Crippen LogP contribution in [0.3, 0.4) is 0 Å². The van der Waals surface area contributed by atoms with E-state index in [0.717, 1.165) is 6.54 Å². The Bertz CT molecular complexity index is 178. The fraction of sp³-hybridized carbons (Fsp3) is 0.875. The topological polar surface area (TPSA) is 32.3 Å². The molecular weight excluding hydrogens is 172 g/mol. The van der Waals surface area contributed by atoms with Crippen LogP contribution in [0.5, 0.6) is 0 Å². The molecule has 1 aliphatic carbocycles. The van der Waals surface area contributed by atoms with Gasteiger partial charge in [-0.1, -0.05) is 0 Å². The lowest BCUT2D eigenvalue weighted by Crippen LogP contribution is -2.38. The van der Waals surface area contributed by atoms with Crippen molar-refractivity contribution in [2.75, 3.05) is 26.9 Å². The van der Waals surface area contributed by atoms with E-state index in [1.165, 1.54) is 12.8 Å². The van der Waals surface area contributed by atoms with Gasteiger partial charge in [0.15, 0.2) is 0 Å². The summed E-state index contributed by atoms with van der Waals surface area (Å²) in [5.41, 5.74) is 0. The quantitative estimate of drug-likeness (QED) is 0.720.